The molecule has 0 aliphatic carbocycles. The molecule has 144 valence electrons. The molecule has 0 saturated carbocycles. The summed E-state index contributed by atoms with van der Waals surface area (Å²) >= 11 is 0. The maximum Gasteiger partial charge on any atom is 0.310 e. The molecule has 0 heterocycles. The summed E-state index contributed by atoms with van der Waals surface area (Å²) in [6, 6.07) is 11.5. The van der Waals surface area contributed by atoms with Crippen LogP contribution in [0.4, 0.5) is 5.69 Å². The lowest BCUT2D eigenvalue weighted by Crippen LogP contribution is -2.23. The topological polar surface area (TPSA) is 64.6 Å². The second kappa shape index (κ2) is 9.21. The molecule has 2 aromatic rings. The molecule has 0 radical (unpaired) electrons. The van der Waals surface area contributed by atoms with Gasteiger partial charge in [-0.1, -0.05) is 49.7 Å². The van der Waals surface area contributed by atoms with E-state index in [9.17, 15) is 9.59 Å². The number of benzene rings is 2. The number of hydrogen-bond acceptors (Lipinski definition) is 4. The van der Waals surface area contributed by atoms with Crippen molar-refractivity contribution in [3.8, 4) is 5.75 Å². The Balaban J connectivity index is 1.97. The maximum atomic E-state index is 12.3. The van der Waals surface area contributed by atoms with E-state index in [1.807, 2.05) is 50.2 Å². The largest absolute Gasteiger partial charge is 0.496 e. The Bertz CT molecular complexity index is 827. The van der Waals surface area contributed by atoms with Gasteiger partial charge in [0.05, 0.1) is 13.5 Å². The Morgan fingerprint density at radius 3 is 2.52 bits per heavy atom. The van der Waals surface area contributed by atoms with Gasteiger partial charge in [0, 0.05) is 11.3 Å². The van der Waals surface area contributed by atoms with Crippen LogP contribution in [0.2, 0.25) is 0 Å². The summed E-state index contributed by atoms with van der Waals surface area (Å²) in [4.78, 5) is 24.4. The van der Waals surface area contributed by atoms with Crippen LogP contribution < -0.4 is 10.1 Å². The van der Waals surface area contributed by atoms with Crippen LogP contribution in [0.3, 0.4) is 0 Å². The third-order valence-corrected chi connectivity index (χ3v) is 4.33. The van der Waals surface area contributed by atoms with Crippen LogP contribution in [0.1, 0.15) is 42.0 Å². The number of nitrogens with one attached hydrogen (secondary N) is 1. The van der Waals surface area contributed by atoms with Gasteiger partial charge in [-0.05, 0) is 37.0 Å². The molecule has 0 aromatic heterocycles. The second-order valence-corrected chi connectivity index (χ2v) is 6.89. The molecule has 0 saturated heterocycles. The van der Waals surface area contributed by atoms with Crippen molar-refractivity contribution in [1.82, 2.24) is 0 Å². The standard InChI is InChI=1S/C22H27NO4/c1-14(2)18-8-6-7-16(4)22(18)23-20(24)13-27-21(25)12-17-11-15(3)9-10-19(17)26-5/h6-11,14H,12-13H2,1-5H3,(H,23,24). The highest BCUT2D eigenvalue weighted by Gasteiger charge is 2.15. The lowest BCUT2D eigenvalue weighted by molar-refractivity contribution is -0.146. The van der Waals surface area contributed by atoms with Crippen LogP contribution in [0.25, 0.3) is 0 Å². The third-order valence-electron chi connectivity index (χ3n) is 4.33. The van der Waals surface area contributed by atoms with E-state index in [0.717, 1.165) is 27.9 Å². The molecule has 0 aliphatic heterocycles. The third kappa shape index (κ3) is 5.58. The van der Waals surface area contributed by atoms with Crippen molar-refractivity contribution in [3.05, 3.63) is 58.7 Å². The fourth-order valence-corrected chi connectivity index (χ4v) is 2.92. The van der Waals surface area contributed by atoms with Crippen molar-refractivity contribution >= 4 is 17.6 Å². The summed E-state index contributed by atoms with van der Waals surface area (Å²) < 4.78 is 10.4. The number of aryl methyl sites for hydroxylation is 2. The number of carbonyl (C=O) groups excluding carboxylic acids is 2. The van der Waals surface area contributed by atoms with Crippen LogP contribution in [-0.4, -0.2) is 25.6 Å². The number of esters is 1. The summed E-state index contributed by atoms with van der Waals surface area (Å²) in [6.07, 6.45) is 0.0553. The monoisotopic (exact) mass is 369 g/mol. The summed E-state index contributed by atoms with van der Waals surface area (Å²) in [5.41, 5.74) is 4.58. The average molecular weight is 369 g/mol. The van der Waals surface area contributed by atoms with Gasteiger partial charge in [0.1, 0.15) is 5.75 Å². The van der Waals surface area contributed by atoms with E-state index >= 15 is 0 Å². The normalized spacial score (nSPS) is 10.6. The minimum atomic E-state index is -0.470. The van der Waals surface area contributed by atoms with E-state index < -0.39 is 5.97 Å². The quantitative estimate of drug-likeness (QED) is 0.744. The molecular formula is C22H27NO4. The minimum Gasteiger partial charge on any atom is -0.496 e. The van der Waals surface area contributed by atoms with Gasteiger partial charge in [-0.25, -0.2) is 0 Å². The number of amides is 1. The molecule has 0 fully saturated rings. The highest BCUT2D eigenvalue weighted by Crippen LogP contribution is 2.27. The number of ether oxygens (including phenoxy) is 2. The van der Waals surface area contributed by atoms with Crippen LogP contribution in [0.15, 0.2) is 36.4 Å². The summed E-state index contributed by atoms with van der Waals surface area (Å²) in [5, 5.41) is 2.87. The van der Waals surface area contributed by atoms with Crippen LogP contribution >= 0.6 is 0 Å². The van der Waals surface area contributed by atoms with Gasteiger partial charge < -0.3 is 14.8 Å². The van der Waals surface area contributed by atoms with Gasteiger partial charge in [-0.15, -0.1) is 0 Å². The molecular weight excluding hydrogens is 342 g/mol. The van der Waals surface area contributed by atoms with Gasteiger partial charge in [-0.3, -0.25) is 9.59 Å². The first-order chi connectivity index (χ1) is 12.8. The van der Waals surface area contributed by atoms with E-state index in [2.05, 4.69) is 19.2 Å². The van der Waals surface area contributed by atoms with Crippen LogP contribution in [0.5, 0.6) is 5.75 Å². The first-order valence-electron chi connectivity index (χ1n) is 9.00. The molecule has 0 unspecified atom stereocenters. The molecule has 2 rings (SSSR count). The molecule has 5 nitrogen and oxygen atoms in total. The van der Waals surface area contributed by atoms with E-state index in [0.29, 0.717) is 5.75 Å². The molecule has 0 aliphatic rings. The van der Waals surface area contributed by atoms with Crippen LogP contribution in [-0.2, 0) is 20.7 Å². The van der Waals surface area contributed by atoms with Crippen molar-refractivity contribution in [3.63, 3.8) is 0 Å². The molecule has 1 amide bonds. The Kier molecular flexibility index (Phi) is 6.99. The Labute approximate surface area is 160 Å². The molecule has 5 heteroatoms. The zero-order chi connectivity index (χ0) is 20.0. The zero-order valence-electron chi connectivity index (χ0n) is 16.6. The highest BCUT2D eigenvalue weighted by atomic mass is 16.5. The van der Waals surface area contributed by atoms with E-state index in [4.69, 9.17) is 9.47 Å². The molecule has 27 heavy (non-hydrogen) atoms. The number of para-hydroxylation sites is 1. The number of anilines is 1. The van der Waals surface area contributed by atoms with Crippen molar-refractivity contribution in [2.75, 3.05) is 19.0 Å². The smallest absolute Gasteiger partial charge is 0.310 e. The molecule has 0 spiro atoms. The van der Waals surface area contributed by atoms with Gasteiger partial charge in [0.15, 0.2) is 6.61 Å². The van der Waals surface area contributed by atoms with Crippen molar-refractivity contribution in [2.45, 2.75) is 40.0 Å². The molecule has 0 bridgehead atoms. The van der Waals surface area contributed by atoms with Gasteiger partial charge >= 0.3 is 5.97 Å². The number of methoxy groups -OCH3 is 1. The zero-order valence-corrected chi connectivity index (χ0v) is 16.6. The second-order valence-electron chi connectivity index (χ2n) is 6.89. The van der Waals surface area contributed by atoms with Crippen molar-refractivity contribution < 1.29 is 19.1 Å². The Morgan fingerprint density at radius 1 is 1.11 bits per heavy atom. The molecule has 2 aromatic carbocycles. The molecule has 0 atom stereocenters. The molecule has 1 N–H and O–H groups in total. The average Bonchev–Trinajstić information content (AvgIpc) is 2.61. The SMILES string of the molecule is COc1ccc(C)cc1CC(=O)OCC(=O)Nc1c(C)cccc1C(C)C. The highest BCUT2D eigenvalue weighted by molar-refractivity contribution is 5.94. The summed E-state index contributed by atoms with van der Waals surface area (Å²) in [7, 11) is 1.56. The predicted octanol–water partition coefficient (Wildman–Crippen LogP) is 4.16. The summed E-state index contributed by atoms with van der Waals surface area (Å²) in [5.74, 6) is 0.0821. The van der Waals surface area contributed by atoms with Crippen molar-refractivity contribution in [2.24, 2.45) is 0 Å². The van der Waals surface area contributed by atoms with E-state index in [1.54, 1.807) is 7.11 Å². The minimum absolute atomic E-state index is 0.0553. The maximum absolute atomic E-state index is 12.3. The predicted molar refractivity (Wildman–Crippen MR) is 106 cm³/mol. The lowest BCUT2D eigenvalue weighted by atomic mass is 9.98. The number of carbonyl (C=O) groups is 2. The number of hydrogen-bond donors (Lipinski definition) is 1. The van der Waals surface area contributed by atoms with Gasteiger partial charge in [-0.2, -0.15) is 0 Å². The lowest BCUT2D eigenvalue weighted by Gasteiger charge is -2.16. The van der Waals surface area contributed by atoms with Gasteiger partial charge in [0.25, 0.3) is 5.91 Å². The first-order valence-corrected chi connectivity index (χ1v) is 9.00. The van der Waals surface area contributed by atoms with Gasteiger partial charge in [0.2, 0.25) is 0 Å². The Morgan fingerprint density at radius 2 is 1.85 bits per heavy atom. The summed E-state index contributed by atoms with van der Waals surface area (Å²) in [6.45, 7) is 7.70. The van der Waals surface area contributed by atoms with Crippen molar-refractivity contribution in [1.29, 1.82) is 0 Å². The Hall–Kier alpha value is -2.82. The fourth-order valence-electron chi connectivity index (χ4n) is 2.92. The van der Waals surface area contributed by atoms with E-state index in [-0.39, 0.29) is 24.9 Å². The number of rotatable bonds is 7. The van der Waals surface area contributed by atoms with E-state index in [1.165, 1.54) is 0 Å². The first kappa shape index (κ1) is 20.5. The van der Waals surface area contributed by atoms with Crippen LogP contribution in [0, 0.1) is 13.8 Å². The fraction of sp³-hybridized carbons (Fsp3) is 0.364.